The minimum Gasteiger partial charge on any atom is -0.334 e. The number of nitrogens with two attached hydrogens (primary N) is 1. The molecule has 6 heteroatoms. The van der Waals surface area contributed by atoms with Crippen LogP contribution in [0, 0.1) is 0 Å². The van der Waals surface area contributed by atoms with Gasteiger partial charge in [-0.15, -0.1) is 10.2 Å². The number of nitrogen functional groups attached to an aromatic ring is 1. The van der Waals surface area contributed by atoms with Crippen molar-refractivity contribution in [3.63, 3.8) is 0 Å². The van der Waals surface area contributed by atoms with Crippen molar-refractivity contribution < 1.29 is 0 Å². The van der Waals surface area contributed by atoms with E-state index in [2.05, 4.69) is 17.1 Å². The van der Waals surface area contributed by atoms with Crippen LogP contribution in [0.2, 0.25) is 0 Å². The molecule has 0 fully saturated rings. The fraction of sp³-hybridized carbons (Fsp3) is 0.700. The third kappa shape index (κ3) is 3.23. The summed E-state index contributed by atoms with van der Waals surface area (Å²) >= 11 is 1.31. The van der Waals surface area contributed by atoms with E-state index in [9.17, 15) is 4.79 Å². The molecule has 0 aromatic carbocycles. The minimum absolute atomic E-state index is 0.226. The first-order valence-electron chi connectivity index (χ1n) is 5.48. The molecule has 1 aromatic heterocycles. The quantitative estimate of drug-likeness (QED) is 0.461. The van der Waals surface area contributed by atoms with Crippen molar-refractivity contribution in [2.75, 3.05) is 12.1 Å². The van der Waals surface area contributed by atoms with E-state index in [1.165, 1.54) is 24.6 Å². The molecular weight excluding hydrogens is 224 g/mol. The molecule has 0 atom stereocenters. The molecule has 0 aliphatic heterocycles. The van der Waals surface area contributed by atoms with Crippen molar-refractivity contribution in [3.05, 3.63) is 16.0 Å². The van der Waals surface area contributed by atoms with Crippen molar-refractivity contribution in [1.82, 2.24) is 14.9 Å². The second-order valence-electron chi connectivity index (χ2n) is 3.62. The van der Waals surface area contributed by atoms with Gasteiger partial charge >= 0.3 is 0 Å². The van der Waals surface area contributed by atoms with Crippen LogP contribution >= 0.6 is 11.8 Å². The molecule has 0 aliphatic rings. The predicted octanol–water partition coefficient (Wildman–Crippen LogP) is 1.20. The van der Waals surface area contributed by atoms with Crippen molar-refractivity contribution in [1.29, 1.82) is 0 Å². The Balaban J connectivity index is 2.68. The Morgan fingerprint density at radius 1 is 1.31 bits per heavy atom. The van der Waals surface area contributed by atoms with Crippen molar-refractivity contribution in [2.24, 2.45) is 0 Å². The van der Waals surface area contributed by atoms with Crippen molar-refractivity contribution in [2.45, 2.75) is 44.2 Å². The number of rotatable bonds is 6. The number of aromatic nitrogens is 3. The van der Waals surface area contributed by atoms with Gasteiger partial charge in [-0.1, -0.05) is 37.9 Å². The first-order valence-corrected chi connectivity index (χ1v) is 6.70. The number of hydrogen-bond donors (Lipinski definition) is 1. The van der Waals surface area contributed by atoms with Crippen LogP contribution in [-0.4, -0.2) is 21.1 Å². The summed E-state index contributed by atoms with van der Waals surface area (Å²) in [5, 5.41) is 8.28. The molecule has 5 nitrogen and oxygen atoms in total. The monoisotopic (exact) mass is 242 g/mol. The Kier molecular flexibility index (Phi) is 5.31. The highest BCUT2D eigenvalue weighted by Crippen LogP contribution is 2.06. The van der Waals surface area contributed by atoms with E-state index in [-0.39, 0.29) is 5.56 Å². The van der Waals surface area contributed by atoms with E-state index in [1.807, 2.05) is 6.26 Å². The summed E-state index contributed by atoms with van der Waals surface area (Å²) < 4.78 is 1.08. The first kappa shape index (κ1) is 13.0. The zero-order valence-electron chi connectivity index (χ0n) is 9.77. The number of nitrogens with zero attached hydrogens (tertiary/aromatic N) is 3. The van der Waals surface area contributed by atoms with Gasteiger partial charge in [-0.3, -0.25) is 4.79 Å². The van der Waals surface area contributed by atoms with E-state index in [4.69, 9.17) is 5.84 Å². The zero-order valence-corrected chi connectivity index (χ0v) is 10.6. The largest absolute Gasteiger partial charge is 0.334 e. The van der Waals surface area contributed by atoms with Gasteiger partial charge in [-0.25, -0.2) is 0 Å². The summed E-state index contributed by atoms with van der Waals surface area (Å²) in [5.41, 5.74) is 0.243. The van der Waals surface area contributed by atoms with Gasteiger partial charge in [0.25, 0.3) is 5.56 Å². The fourth-order valence-electron chi connectivity index (χ4n) is 1.44. The molecule has 1 rings (SSSR count). The zero-order chi connectivity index (χ0) is 12.0. The lowest BCUT2D eigenvalue weighted by atomic mass is 10.1. The second-order valence-corrected chi connectivity index (χ2v) is 4.39. The van der Waals surface area contributed by atoms with Crippen LogP contribution in [0.1, 0.15) is 38.3 Å². The highest BCUT2D eigenvalue weighted by atomic mass is 32.2. The number of aryl methyl sites for hydroxylation is 1. The third-order valence-corrected chi connectivity index (χ3v) is 3.02. The fourth-order valence-corrected chi connectivity index (χ4v) is 1.84. The lowest BCUT2D eigenvalue weighted by Crippen LogP contribution is -2.33. The maximum absolute atomic E-state index is 11.7. The molecule has 90 valence electrons. The normalized spacial score (nSPS) is 10.6. The molecule has 1 aromatic rings. The van der Waals surface area contributed by atoms with Crippen LogP contribution in [0.3, 0.4) is 0 Å². The van der Waals surface area contributed by atoms with E-state index < -0.39 is 0 Å². The molecule has 0 radical (unpaired) electrons. The van der Waals surface area contributed by atoms with E-state index in [0.717, 1.165) is 17.5 Å². The summed E-state index contributed by atoms with van der Waals surface area (Å²) in [7, 11) is 0. The summed E-state index contributed by atoms with van der Waals surface area (Å²) in [5.74, 6) is 5.61. The topological polar surface area (TPSA) is 73.8 Å². The van der Waals surface area contributed by atoms with Gasteiger partial charge in [-0.2, -0.15) is 4.68 Å². The Morgan fingerprint density at radius 2 is 2.06 bits per heavy atom. The van der Waals surface area contributed by atoms with Crippen LogP contribution in [0.15, 0.2) is 9.95 Å². The molecule has 2 N–H and O–H groups in total. The Hall–Kier alpha value is -1.04. The maximum atomic E-state index is 11.7. The average Bonchev–Trinajstić information content (AvgIpc) is 2.30. The van der Waals surface area contributed by atoms with Crippen molar-refractivity contribution >= 4 is 11.8 Å². The number of unbranched alkanes of at least 4 members (excludes halogenated alkanes) is 3. The molecule has 0 aliphatic carbocycles. The van der Waals surface area contributed by atoms with Gasteiger partial charge in [0.15, 0.2) is 0 Å². The van der Waals surface area contributed by atoms with Crippen LogP contribution in [0.25, 0.3) is 0 Å². The Morgan fingerprint density at radius 3 is 2.69 bits per heavy atom. The summed E-state index contributed by atoms with van der Waals surface area (Å²) in [6, 6.07) is 0. The van der Waals surface area contributed by atoms with Crippen LogP contribution < -0.4 is 11.4 Å². The van der Waals surface area contributed by atoms with Gasteiger partial charge in [0.1, 0.15) is 5.69 Å². The lowest BCUT2D eigenvalue weighted by Gasteiger charge is -2.05. The second kappa shape index (κ2) is 6.52. The van der Waals surface area contributed by atoms with Gasteiger partial charge in [-0.05, 0) is 19.1 Å². The first-order chi connectivity index (χ1) is 7.70. The van der Waals surface area contributed by atoms with Crippen LogP contribution in [0.4, 0.5) is 0 Å². The summed E-state index contributed by atoms with van der Waals surface area (Å²) in [4.78, 5) is 11.7. The molecule has 0 saturated heterocycles. The van der Waals surface area contributed by atoms with Gasteiger partial charge in [0.05, 0.1) is 0 Å². The Labute approximate surface area is 99.4 Å². The van der Waals surface area contributed by atoms with Crippen molar-refractivity contribution in [3.8, 4) is 0 Å². The molecule has 0 bridgehead atoms. The molecule has 0 spiro atoms. The van der Waals surface area contributed by atoms with E-state index in [0.29, 0.717) is 17.3 Å². The highest BCUT2D eigenvalue weighted by Gasteiger charge is 2.08. The van der Waals surface area contributed by atoms with Gasteiger partial charge in [0, 0.05) is 0 Å². The summed E-state index contributed by atoms with van der Waals surface area (Å²) in [6.07, 6.45) is 6.93. The Bertz CT molecular complexity index is 391. The summed E-state index contributed by atoms with van der Waals surface area (Å²) in [6.45, 7) is 2.15. The highest BCUT2D eigenvalue weighted by molar-refractivity contribution is 7.98. The van der Waals surface area contributed by atoms with E-state index in [1.54, 1.807) is 0 Å². The molecule has 0 saturated carbocycles. The van der Waals surface area contributed by atoms with Crippen LogP contribution in [0.5, 0.6) is 0 Å². The maximum Gasteiger partial charge on any atom is 0.294 e. The predicted molar refractivity (Wildman–Crippen MR) is 66.1 cm³/mol. The molecule has 16 heavy (non-hydrogen) atoms. The van der Waals surface area contributed by atoms with Crippen LogP contribution in [-0.2, 0) is 6.42 Å². The SMILES string of the molecule is CCCCCCc1nnc(SC)n(N)c1=O. The lowest BCUT2D eigenvalue weighted by molar-refractivity contribution is 0.619. The van der Waals surface area contributed by atoms with E-state index >= 15 is 0 Å². The minimum atomic E-state index is -0.226. The number of thioether (sulfide) groups is 1. The van der Waals surface area contributed by atoms with Gasteiger partial charge in [0.2, 0.25) is 5.16 Å². The standard InChI is InChI=1S/C10H18N4OS/c1-3-4-5-6-7-8-9(15)14(11)10(16-2)13-12-8/h3-7,11H2,1-2H3. The molecule has 1 heterocycles. The third-order valence-electron chi connectivity index (χ3n) is 2.38. The average molecular weight is 242 g/mol. The molecule has 0 unspecified atom stereocenters. The van der Waals surface area contributed by atoms with Gasteiger partial charge < -0.3 is 5.84 Å². The molecular formula is C10H18N4OS. The molecule has 0 amide bonds. The smallest absolute Gasteiger partial charge is 0.294 e. The number of hydrogen-bond acceptors (Lipinski definition) is 5.